The Morgan fingerprint density at radius 3 is 2.31 bits per heavy atom. The molecule has 140 valence electrons. The number of aliphatic carboxylic acids is 1. The smallest absolute Gasteiger partial charge is 0.320 e. The minimum absolute atomic E-state index is 0.0103. The second kappa shape index (κ2) is 8.05. The molecule has 9 heteroatoms. The fourth-order valence-electron chi connectivity index (χ4n) is 2.24. The lowest BCUT2D eigenvalue weighted by atomic mass is 10.0. The maximum absolute atomic E-state index is 13.6. The van der Waals surface area contributed by atoms with Crippen molar-refractivity contribution < 1.29 is 36.9 Å². The lowest BCUT2D eigenvalue weighted by Gasteiger charge is -2.14. The van der Waals surface area contributed by atoms with E-state index in [1.165, 1.54) is 19.2 Å². The summed E-state index contributed by atoms with van der Waals surface area (Å²) in [7, 11) is 1.34. The Balaban J connectivity index is 2.27. The number of carboxylic acids is 1. The Labute approximate surface area is 145 Å². The highest BCUT2D eigenvalue weighted by Gasteiger charge is 2.21. The SMILES string of the molecule is COc1ccc(CC(N)C(=O)O)cc1COc1c(F)c(F)cc(F)c1F. The van der Waals surface area contributed by atoms with Crippen molar-refractivity contribution in [2.45, 2.75) is 19.1 Å². The molecule has 5 nitrogen and oxygen atoms in total. The van der Waals surface area contributed by atoms with E-state index in [-0.39, 0.29) is 23.8 Å². The molecule has 0 amide bonds. The summed E-state index contributed by atoms with van der Waals surface area (Å²) in [5, 5.41) is 8.85. The molecule has 2 rings (SSSR count). The monoisotopic (exact) mass is 373 g/mol. The Morgan fingerprint density at radius 2 is 1.77 bits per heavy atom. The molecule has 0 aromatic heterocycles. The van der Waals surface area contributed by atoms with Gasteiger partial charge in [0.1, 0.15) is 18.4 Å². The van der Waals surface area contributed by atoms with Gasteiger partial charge in [-0.05, 0) is 24.1 Å². The van der Waals surface area contributed by atoms with Gasteiger partial charge in [-0.2, -0.15) is 8.78 Å². The van der Waals surface area contributed by atoms with Crippen LogP contribution in [0.5, 0.6) is 11.5 Å². The highest BCUT2D eigenvalue weighted by molar-refractivity contribution is 5.73. The van der Waals surface area contributed by atoms with Crippen molar-refractivity contribution >= 4 is 5.97 Å². The first kappa shape index (κ1) is 19.5. The first-order chi connectivity index (χ1) is 12.2. The van der Waals surface area contributed by atoms with Crippen LogP contribution in [0, 0.1) is 23.3 Å². The summed E-state index contributed by atoms with van der Waals surface area (Å²) < 4.78 is 63.7. The summed E-state index contributed by atoms with van der Waals surface area (Å²) in [6.45, 7) is -0.476. The van der Waals surface area contributed by atoms with Gasteiger partial charge in [-0.15, -0.1) is 0 Å². The fraction of sp³-hybridized carbons (Fsp3) is 0.235. The molecule has 0 heterocycles. The van der Waals surface area contributed by atoms with E-state index < -0.39 is 47.6 Å². The molecule has 0 aliphatic carbocycles. The number of benzene rings is 2. The number of carboxylic acid groups (broad SMARTS) is 1. The highest BCUT2D eigenvalue weighted by Crippen LogP contribution is 2.29. The number of halogens is 4. The first-order valence-corrected chi connectivity index (χ1v) is 7.34. The summed E-state index contributed by atoms with van der Waals surface area (Å²) in [6, 6.07) is 3.44. The van der Waals surface area contributed by atoms with Crippen molar-refractivity contribution in [2.24, 2.45) is 5.73 Å². The van der Waals surface area contributed by atoms with Crippen molar-refractivity contribution in [3.05, 3.63) is 58.7 Å². The molecule has 1 atom stereocenters. The van der Waals surface area contributed by atoms with Crippen LogP contribution in [0.2, 0.25) is 0 Å². The number of methoxy groups -OCH3 is 1. The molecular formula is C17H15F4NO4. The summed E-state index contributed by atoms with van der Waals surface area (Å²) in [6.07, 6.45) is -0.0103. The van der Waals surface area contributed by atoms with E-state index in [4.69, 9.17) is 20.3 Å². The molecular weight excluding hydrogens is 358 g/mol. The Hall–Kier alpha value is -2.81. The standard InChI is InChI=1S/C17H15F4NO4/c1-25-13-3-2-8(5-12(22)17(23)24)4-9(13)7-26-16-14(20)10(18)6-11(19)15(16)21/h2-4,6,12H,5,7,22H2,1H3,(H,23,24). The lowest BCUT2D eigenvalue weighted by molar-refractivity contribution is -0.138. The van der Waals surface area contributed by atoms with Crippen molar-refractivity contribution in [2.75, 3.05) is 7.11 Å². The fourth-order valence-corrected chi connectivity index (χ4v) is 2.24. The number of hydrogen-bond acceptors (Lipinski definition) is 4. The van der Waals surface area contributed by atoms with Crippen LogP contribution in [0.1, 0.15) is 11.1 Å². The molecule has 3 N–H and O–H groups in total. The van der Waals surface area contributed by atoms with Crippen LogP contribution in [-0.2, 0) is 17.8 Å². The molecule has 2 aromatic carbocycles. The molecule has 2 aromatic rings. The average Bonchev–Trinajstić information content (AvgIpc) is 2.60. The summed E-state index contributed by atoms with van der Waals surface area (Å²) in [5.74, 6) is -8.62. The van der Waals surface area contributed by atoms with Gasteiger partial charge in [0, 0.05) is 11.6 Å². The maximum Gasteiger partial charge on any atom is 0.320 e. The van der Waals surface area contributed by atoms with Crippen LogP contribution < -0.4 is 15.2 Å². The summed E-state index contributed by atoms with van der Waals surface area (Å²) in [5.41, 5.74) is 6.25. The van der Waals surface area contributed by atoms with Gasteiger partial charge in [0.25, 0.3) is 0 Å². The van der Waals surface area contributed by atoms with Gasteiger partial charge in [0.2, 0.25) is 11.6 Å². The second-order valence-electron chi connectivity index (χ2n) is 5.38. The molecule has 0 bridgehead atoms. The van der Waals surface area contributed by atoms with Crippen molar-refractivity contribution in [1.29, 1.82) is 0 Å². The highest BCUT2D eigenvalue weighted by atomic mass is 19.2. The van der Waals surface area contributed by atoms with Gasteiger partial charge in [0.15, 0.2) is 17.4 Å². The minimum atomic E-state index is -1.66. The van der Waals surface area contributed by atoms with E-state index in [0.717, 1.165) is 0 Å². The topological polar surface area (TPSA) is 81.8 Å². The zero-order valence-electron chi connectivity index (χ0n) is 13.6. The molecule has 0 saturated heterocycles. The Morgan fingerprint density at radius 1 is 1.15 bits per heavy atom. The van der Waals surface area contributed by atoms with Crippen LogP contribution in [0.4, 0.5) is 17.6 Å². The number of ether oxygens (including phenoxy) is 2. The quantitative estimate of drug-likeness (QED) is 0.576. The van der Waals surface area contributed by atoms with E-state index in [0.29, 0.717) is 5.56 Å². The number of carbonyl (C=O) groups is 1. The van der Waals surface area contributed by atoms with Crippen LogP contribution >= 0.6 is 0 Å². The van der Waals surface area contributed by atoms with Gasteiger partial charge in [0.05, 0.1) is 7.11 Å². The van der Waals surface area contributed by atoms with Crippen LogP contribution in [0.3, 0.4) is 0 Å². The predicted octanol–water partition coefficient (Wildman–Crippen LogP) is 2.79. The van der Waals surface area contributed by atoms with Crippen molar-refractivity contribution in [1.82, 2.24) is 0 Å². The summed E-state index contributed by atoms with van der Waals surface area (Å²) in [4.78, 5) is 10.8. The molecule has 0 aliphatic heterocycles. The summed E-state index contributed by atoms with van der Waals surface area (Å²) >= 11 is 0. The van der Waals surface area contributed by atoms with Gasteiger partial charge in [-0.25, -0.2) is 8.78 Å². The normalized spacial score (nSPS) is 11.9. The molecule has 0 fully saturated rings. The molecule has 1 unspecified atom stereocenters. The van der Waals surface area contributed by atoms with E-state index in [2.05, 4.69) is 0 Å². The second-order valence-corrected chi connectivity index (χ2v) is 5.38. The minimum Gasteiger partial charge on any atom is -0.496 e. The number of hydrogen-bond donors (Lipinski definition) is 2. The van der Waals surface area contributed by atoms with Crippen molar-refractivity contribution in [3.8, 4) is 11.5 Å². The maximum atomic E-state index is 13.6. The molecule has 0 saturated carbocycles. The third-order valence-electron chi connectivity index (χ3n) is 3.56. The van der Waals surface area contributed by atoms with E-state index in [9.17, 15) is 22.4 Å². The average molecular weight is 373 g/mol. The van der Waals surface area contributed by atoms with Crippen LogP contribution in [-0.4, -0.2) is 24.2 Å². The van der Waals surface area contributed by atoms with Crippen molar-refractivity contribution in [3.63, 3.8) is 0 Å². The third kappa shape index (κ3) is 4.23. The Bertz CT molecular complexity index is 803. The third-order valence-corrected chi connectivity index (χ3v) is 3.56. The molecule has 26 heavy (non-hydrogen) atoms. The lowest BCUT2D eigenvalue weighted by Crippen LogP contribution is -2.32. The Kier molecular flexibility index (Phi) is 6.04. The molecule has 0 spiro atoms. The largest absolute Gasteiger partial charge is 0.496 e. The van der Waals surface area contributed by atoms with E-state index >= 15 is 0 Å². The molecule has 0 radical (unpaired) electrons. The first-order valence-electron chi connectivity index (χ1n) is 7.34. The molecule has 0 aliphatic rings. The van der Waals surface area contributed by atoms with E-state index in [1.54, 1.807) is 6.07 Å². The predicted molar refractivity (Wildman–Crippen MR) is 82.9 cm³/mol. The van der Waals surface area contributed by atoms with E-state index in [1.807, 2.05) is 0 Å². The van der Waals surface area contributed by atoms with Gasteiger partial charge in [-0.1, -0.05) is 6.07 Å². The van der Waals surface area contributed by atoms with Crippen LogP contribution in [0.25, 0.3) is 0 Å². The van der Waals surface area contributed by atoms with Gasteiger partial charge in [-0.3, -0.25) is 4.79 Å². The van der Waals surface area contributed by atoms with Gasteiger partial charge >= 0.3 is 5.97 Å². The zero-order valence-corrected chi connectivity index (χ0v) is 13.6. The van der Waals surface area contributed by atoms with Gasteiger partial charge < -0.3 is 20.3 Å². The number of rotatable bonds is 7. The van der Waals surface area contributed by atoms with Crippen LogP contribution in [0.15, 0.2) is 24.3 Å². The zero-order chi connectivity index (χ0) is 19.4. The number of nitrogens with two attached hydrogens (primary N) is 1.